The molecule has 0 unspecified atom stereocenters. The molecule has 0 aromatic carbocycles. The van der Waals surface area contributed by atoms with Gasteiger partial charge in [-0.15, -0.1) is 0 Å². The number of amides is 1. The molecule has 0 heterocycles. The topological polar surface area (TPSA) is 55.4 Å². The van der Waals surface area contributed by atoms with Gasteiger partial charge in [0.05, 0.1) is 7.11 Å². The summed E-state index contributed by atoms with van der Waals surface area (Å²) >= 11 is 0. The zero-order valence-electron chi connectivity index (χ0n) is 10.5. The number of esters is 1. The van der Waals surface area contributed by atoms with E-state index in [0.717, 1.165) is 24.8 Å². The van der Waals surface area contributed by atoms with E-state index in [1.165, 1.54) is 7.11 Å². The summed E-state index contributed by atoms with van der Waals surface area (Å²) in [4.78, 5) is 22.9. The van der Waals surface area contributed by atoms with Gasteiger partial charge < -0.3 is 10.1 Å². The summed E-state index contributed by atoms with van der Waals surface area (Å²) in [7, 11) is 1.31. The van der Waals surface area contributed by atoms with Crippen LogP contribution in [0.15, 0.2) is 11.6 Å². The van der Waals surface area contributed by atoms with Crippen molar-refractivity contribution in [3.63, 3.8) is 0 Å². The fourth-order valence-corrected chi connectivity index (χ4v) is 1.35. The van der Waals surface area contributed by atoms with Gasteiger partial charge in [0.1, 0.15) is 6.04 Å². The second-order valence-corrected chi connectivity index (χ2v) is 3.61. The van der Waals surface area contributed by atoms with E-state index in [0.29, 0.717) is 0 Å². The Balaban J connectivity index is 4.41. The van der Waals surface area contributed by atoms with Gasteiger partial charge in [-0.05, 0) is 19.8 Å². The molecule has 0 aromatic rings. The Hall–Kier alpha value is -1.32. The van der Waals surface area contributed by atoms with Crippen LogP contribution in [0.2, 0.25) is 0 Å². The lowest BCUT2D eigenvalue weighted by atomic mass is 10.1. The number of carbonyl (C=O) groups excluding carboxylic acids is 2. The molecule has 0 bridgehead atoms. The minimum Gasteiger partial charge on any atom is -0.467 e. The van der Waals surface area contributed by atoms with E-state index in [4.69, 9.17) is 0 Å². The average molecular weight is 227 g/mol. The fourth-order valence-electron chi connectivity index (χ4n) is 1.35. The van der Waals surface area contributed by atoms with Gasteiger partial charge in [0.25, 0.3) is 0 Å². The van der Waals surface area contributed by atoms with Gasteiger partial charge in [0.2, 0.25) is 5.91 Å². The van der Waals surface area contributed by atoms with E-state index in [1.54, 1.807) is 6.92 Å². The zero-order chi connectivity index (χ0) is 12.6. The van der Waals surface area contributed by atoms with Gasteiger partial charge in [-0.25, -0.2) is 4.79 Å². The summed E-state index contributed by atoms with van der Waals surface area (Å²) in [6.07, 6.45) is 4.34. The van der Waals surface area contributed by atoms with Crippen LogP contribution in [0, 0.1) is 0 Å². The maximum absolute atomic E-state index is 11.8. The Morgan fingerprint density at radius 1 is 1.38 bits per heavy atom. The molecule has 1 N–H and O–H groups in total. The maximum Gasteiger partial charge on any atom is 0.328 e. The molecule has 0 spiro atoms. The summed E-state index contributed by atoms with van der Waals surface area (Å²) in [6.45, 7) is 5.60. The normalized spacial score (nSPS) is 13.1. The van der Waals surface area contributed by atoms with E-state index in [9.17, 15) is 9.59 Å². The first-order valence-corrected chi connectivity index (χ1v) is 5.64. The molecule has 92 valence electrons. The minimum absolute atomic E-state index is 0.179. The molecule has 0 saturated carbocycles. The maximum atomic E-state index is 11.8. The molecular weight excluding hydrogens is 206 g/mol. The highest BCUT2D eigenvalue weighted by Gasteiger charge is 2.17. The van der Waals surface area contributed by atoms with Gasteiger partial charge in [0.15, 0.2) is 0 Å². The molecule has 0 rings (SSSR count). The van der Waals surface area contributed by atoms with E-state index >= 15 is 0 Å². The summed E-state index contributed by atoms with van der Waals surface area (Å²) in [5.41, 5.74) is 0.737. The molecule has 0 aromatic heterocycles. The second-order valence-electron chi connectivity index (χ2n) is 3.61. The number of rotatable bonds is 6. The van der Waals surface area contributed by atoms with E-state index in [-0.39, 0.29) is 5.91 Å². The van der Waals surface area contributed by atoms with Crippen molar-refractivity contribution in [2.75, 3.05) is 7.11 Å². The Bertz CT molecular complexity index is 271. The molecule has 4 heteroatoms. The molecule has 16 heavy (non-hydrogen) atoms. The Kier molecular flexibility index (Phi) is 7.25. The van der Waals surface area contributed by atoms with Gasteiger partial charge in [0, 0.05) is 5.57 Å². The van der Waals surface area contributed by atoms with Crippen LogP contribution in [-0.4, -0.2) is 25.0 Å². The third kappa shape index (κ3) is 4.96. The molecular formula is C12H21NO3. The largest absolute Gasteiger partial charge is 0.467 e. The smallest absolute Gasteiger partial charge is 0.328 e. The summed E-state index contributed by atoms with van der Waals surface area (Å²) < 4.78 is 4.54. The lowest BCUT2D eigenvalue weighted by molar-refractivity contribution is -0.144. The molecule has 0 aliphatic rings. The van der Waals surface area contributed by atoms with Gasteiger partial charge in [-0.1, -0.05) is 26.3 Å². The molecule has 1 atom stereocenters. The Morgan fingerprint density at radius 2 is 2.00 bits per heavy atom. The van der Waals surface area contributed by atoms with Crippen molar-refractivity contribution in [2.24, 2.45) is 0 Å². The van der Waals surface area contributed by atoms with Crippen LogP contribution in [-0.2, 0) is 14.3 Å². The Morgan fingerprint density at radius 3 is 2.44 bits per heavy atom. The second kappa shape index (κ2) is 7.91. The predicted octanol–water partition coefficient (Wildman–Crippen LogP) is 1.80. The first kappa shape index (κ1) is 14.7. The molecule has 0 saturated heterocycles. The van der Waals surface area contributed by atoms with Gasteiger partial charge >= 0.3 is 5.97 Å². The first-order chi connectivity index (χ1) is 7.56. The quantitative estimate of drug-likeness (QED) is 0.556. The third-order valence-electron chi connectivity index (χ3n) is 2.16. The van der Waals surface area contributed by atoms with E-state index < -0.39 is 12.0 Å². The van der Waals surface area contributed by atoms with Crippen molar-refractivity contribution < 1.29 is 14.3 Å². The van der Waals surface area contributed by atoms with E-state index in [1.807, 2.05) is 19.9 Å². The van der Waals surface area contributed by atoms with Crippen molar-refractivity contribution in [3.05, 3.63) is 11.6 Å². The highest BCUT2D eigenvalue weighted by molar-refractivity contribution is 5.95. The number of carbonyl (C=O) groups is 2. The van der Waals surface area contributed by atoms with Gasteiger partial charge in [-0.2, -0.15) is 0 Å². The number of hydrogen-bond donors (Lipinski definition) is 1. The fraction of sp³-hybridized carbons (Fsp3) is 0.667. The number of methoxy groups -OCH3 is 1. The van der Waals surface area contributed by atoms with Crippen LogP contribution in [0.25, 0.3) is 0 Å². The van der Waals surface area contributed by atoms with Crippen molar-refractivity contribution in [1.29, 1.82) is 0 Å². The number of allylic oxidation sites excluding steroid dienone is 1. The number of nitrogens with one attached hydrogen (secondary N) is 1. The van der Waals surface area contributed by atoms with Crippen LogP contribution < -0.4 is 5.32 Å². The van der Waals surface area contributed by atoms with Gasteiger partial charge in [-0.3, -0.25) is 4.79 Å². The highest BCUT2D eigenvalue weighted by Crippen LogP contribution is 2.06. The molecule has 1 amide bonds. The standard InChI is InChI=1S/C12H21NO3/c1-5-7-10(8-6-2)11(14)13-9(3)12(15)16-4/h7,9H,5-6,8H2,1-4H3,(H,13,14)/b10-7+/t9-/m0/s1. The molecule has 0 radical (unpaired) electrons. The van der Waals surface area contributed by atoms with Crippen molar-refractivity contribution in [3.8, 4) is 0 Å². The van der Waals surface area contributed by atoms with Crippen LogP contribution in [0.3, 0.4) is 0 Å². The number of hydrogen-bond acceptors (Lipinski definition) is 3. The zero-order valence-corrected chi connectivity index (χ0v) is 10.5. The van der Waals surface area contributed by atoms with Crippen LogP contribution >= 0.6 is 0 Å². The lowest BCUT2D eigenvalue weighted by Gasteiger charge is -2.13. The lowest BCUT2D eigenvalue weighted by Crippen LogP contribution is -2.39. The first-order valence-electron chi connectivity index (χ1n) is 5.64. The van der Waals surface area contributed by atoms with Crippen molar-refractivity contribution in [1.82, 2.24) is 5.32 Å². The predicted molar refractivity (Wildman–Crippen MR) is 62.9 cm³/mol. The summed E-state index contributed by atoms with van der Waals surface area (Å²) in [5, 5.41) is 2.62. The van der Waals surface area contributed by atoms with Crippen LogP contribution in [0.1, 0.15) is 40.0 Å². The SMILES string of the molecule is CC/C=C(\CCC)C(=O)N[C@@H](C)C(=O)OC. The van der Waals surface area contributed by atoms with Crippen LogP contribution in [0.5, 0.6) is 0 Å². The summed E-state index contributed by atoms with van der Waals surface area (Å²) in [6, 6.07) is -0.602. The minimum atomic E-state index is -0.602. The third-order valence-corrected chi connectivity index (χ3v) is 2.16. The van der Waals surface area contributed by atoms with Crippen molar-refractivity contribution >= 4 is 11.9 Å². The van der Waals surface area contributed by atoms with Crippen molar-refractivity contribution in [2.45, 2.75) is 46.1 Å². The van der Waals surface area contributed by atoms with Crippen LogP contribution in [0.4, 0.5) is 0 Å². The molecule has 0 aliphatic heterocycles. The monoisotopic (exact) mass is 227 g/mol. The Labute approximate surface area is 97.1 Å². The molecule has 0 fully saturated rings. The molecule has 4 nitrogen and oxygen atoms in total. The number of ether oxygens (including phenoxy) is 1. The average Bonchev–Trinajstić information content (AvgIpc) is 2.27. The molecule has 0 aliphatic carbocycles. The summed E-state index contributed by atoms with van der Waals surface area (Å²) in [5.74, 6) is -0.609. The highest BCUT2D eigenvalue weighted by atomic mass is 16.5. The van der Waals surface area contributed by atoms with E-state index in [2.05, 4.69) is 10.1 Å².